The highest BCUT2D eigenvalue weighted by Gasteiger charge is 2.30. The molecule has 0 bridgehead atoms. The van der Waals surface area contributed by atoms with E-state index in [-0.39, 0.29) is 11.7 Å². The lowest BCUT2D eigenvalue weighted by Gasteiger charge is -2.17. The van der Waals surface area contributed by atoms with Crippen LogP contribution in [0.1, 0.15) is 43.5 Å². The molecule has 0 radical (unpaired) electrons. The van der Waals surface area contributed by atoms with Gasteiger partial charge in [-0.2, -0.15) is 0 Å². The maximum absolute atomic E-state index is 13.2. The van der Waals surface area contributed by atoms with Gasteiger partial charge in [0.15, 0.2) is 17.3 Å². The number of nitrogens with one attached hydrogen (secondary N) is 2. The predicted molar refractivity (Wildman–Crippen MR) is 138 cm³/mol. The van der Waals surface area contributed by atoms with Crippen molar-refractivity contribution in [1.29, 1.82) is 0 Å². The third-order valence-corrected chi connectivity index (χ3v) is 5.72. The zero-order chi connectivity index (χ0) is 24.9. The Labute approximate surface area is 204 Å². The molecule has 180 valence electrons. The lowest BCUT2D eigenvalue weighted by molar-refractivity contribution is -0.118. The molecule has 0 fully saturated rings. The minimum Gasteiger partial charge on any atom is -0.490 e. The molecule has 0 aliphatic carbocycles. The maximum atomic E-state index is 13.2. The summed E-state index contributed by atoms with van der Waals surface area (Å²) in [6, 6.07) is 19.9. The highest BCUT2D eigenvalue weighted by atomic mass is 16.5. The maximum Gasteiger partial charge on any atom is 0.258 e. The Balaban J connectivity index is 1.82. The summed E-state index contributed by atoms with van der Waals surface area (Å²) >= 11 is 0. The number of ketones is 1. The van der Waals surface area contributed by atoms with E-state index in [0.29, 0.717) is 41.7 Å². The van der Waals surface area contributed by atoms with Crippen LogP contribution in [0.5, 0.6) is 11.5 Å². The van der Waals surface area contributed by atoms with Crippen molar-refractivity contribution in [3.63, 3.8) is 0 Å². The minimum atomic E-state index is -0.667. The second-order valence-corrected chi connectivity index (χ2v) is 8.12. The number of ether oxygens (including phenoxy) is 2. The standard InChI is InChI=1S/C28H29N3O4/c1-4-34-23-15-21-22(16-24(23)35-5-2)31-28(33)25(21)27(19-9-7-6-8-10-19)30-20-13-11-18(12-14-20)26(29)17(3)32/h6-16,26,30H,4-5,29H2,1-3H3,(H,31,33)/b27-25-. The van der Waals surface area contributed by atoms with Crippen LogP contribution in [0.2, 0.25) is 0 Å². The van der Waals surface area contributed by atoms with Gasteiger partial charge < -0.3 is 25.8 Å². The van der Waals surface area contributed by atoms with Crippen LogP contribution in [0.15, 0.2) is 66.7 Å². The highest BCUT2D eigenvalue weighted by Crippen LogP contribution is 2.43. The van der Waals surface area contributed by atoms with Gasteiger partial charge in [-0.3, -0.25) is 9.59 Å². The van der Waals surface area contributed by atoms with E-state index in [1.807, 2.05) is 74.5 Å². The van der Waals surface area contributed by atoms with Crippen LogP contribution in [0.25, 0.3) is 11.3 Å². The number of hydrogen-bond acceptors (Lipinski definition) is 6. The Hall–Kier alpha value is -4.10. The number of fused-ring (bicyclic) bond motifs is 1. The van der Waals surface area contributed by atoms with Gasteiger partial charge in [-0.25, -0.2) is 0 Å². The van der Waals surface area contributed by atoms with Gasteiger partial charge >= 0.3 is 0 Å². The van der Waals surface area contributed by atoms with Crippen LogP contribution in [-0.2, 0) is 9.59 Å². The zero-order valence-electron chi connectivity index (χ0n) is 20.1. The molecule has 0 saturated carbocycles. The van der Waals surface area contributed by atoms with E-state index in [9.17, 15) is 9.59 Å². The molecule has 3 aromatic carbocycles. The zero-order valence-corrected chi connectivity index (χ0v) is 20.1. The Morgan fingerprint density at radius 2 is 1.60 bits per heavy atom. The summed E-state index contributed by atoms with van der Waals surface area (Å²) in [6.45, 7) is 6.23. The molecule has 0 aromatic heterocycles. The fourth-order valence-corrected chi connectivity index (χ4v) is 4.00. The molecule has 3 aromatic rings. The van der Waals surface area contributed by atoms with Crippen LogP contribution in [0.4, 0.5) is 11.4 Å². The third-order valence-electron chi connectivity index (χ3n) is 5.72. The summed E-state index contributed by atoms with van der Waals surface area (Å²) in [5.41, 5.74) is 10.8. The molecule has 4 rings (SSSR count). The van der Waals surface area contributed by atoms with Crippen molar-refractivity contribution in [3.05, 3.63) is 83.4 Å². The van der Waals surface area contributed by atoms with Gasteiger partial charge in [0, 0.05) is 17.3 Å². The second-order valence-electron chi connectivity index (χ2n) is 8.12. The van der Waals surface area contributed by atoms with Crippen molar-refractivity contribution in [2.24, 2.45) is 5.73 Å². The second kappa shape index (κ2) is 10.4. The van der Waals surface area contributed by atoms with Gasteiger partial charge in [0.25, 0.3) is 5.91 Å². The quantitative estimate of drug-likeness (QED) is 0.379. The van der Waals surface area contributed by atoms with Crippen LogP contribution < -0.4 is 25.8 Å². The van der Waals surface area contributed by atoms with Crippen LogP contribution in [0.3, 0.4) is 0 Å². The summed E-state index contributed by atoms with van der Waals surface area (Å²) in [7, 11) is 0. The number of amides is 1. The van der Waals surface area contributed by atoms with Crippen molar-refractivity contribution in [1.82, 2.24) is 0 Å². The van der Waals surface area contributed by atoms with Gasteiger partial charge in [0.1, 0.15) is 0 Å². The molecule has 7 nitrogen and oxygen atoms in total. The number of benzene rings is 3. The molecule has 1 aliphatic rings. The normalized spacial score (nSPS) is 14.6. The SMILES string of the molecule is CCOc1cc2c(cc1OCC)/C(=C(/Nc1ccc(C(N)C(C)=O)cc1)c1ccccc1)C(=O)N2. The lowest BCUT2D eigenvalue weighted by Crippen LogP contribution is -2.18. The van der Waals surface area contributed by atoms with E-state index in [1.54, 1.807) is 6.07 Å². The van der Waals surface area contributed by atoms with Gasteiger partial charge in [0.2, 0.25) is 0 Å². The first-order valence-electron chi connectivity index (χ1n) is 11.6. The average Bonchev–Trinajstić information content (AvgIpc) is 3.17. The smallest absolute Gasteiger partial charge is 0.258 e. The van der Waals surface area contributed by atoms with E-state index >= 15 is 0 Å². The van der Waals surface area contributed by atoms with Crippen molar-refractivity contribution >= 4 is 34.3 Å². The first-order chi connectivity index (χ1) is 16.9. The molecule has 1 amide bonds. The largest absolute Gasteiger partial charge is 0.490 e. The van der Waals surface area contributed by atoms with Crippen molar-refractivity contribution < 1.29 is 19.1 Å². The fourth-order valence-electron chi connectivity index (χ4n) is 4.00. The summed E-state index contributed by atoms with van der Waals surface area (Å²) in [5.74, 6) is 0.838. The fraction of sp³-hybridized carbons (Fsp3) is 0.214. The molecule has 1 aliphatic heterocycles. The van der Waals surface area contributed by atoms with E-state index in [4.69, 9.17) is 15.2 Å². The van der Waals surface area contributed by atoms with E-state index in [0.717, 1.165) is 22.4 Å². The number of carbonyl (C=O) groups is 2. The molecule has 7 heteroatoms. The van der Waals surface area contributed by atoms with E-state index in [2.05, 4.69) is 10.6 Å². The van der Waals surface area contributed by atoms with Gasteiger partial charge in [-0.1, -0.05) is 42.5 Å². The first kappa shape index (κ1) is 24.0. The number of anilines is 2. The molecule has 1 atom stereocenters. The van der Waals surface area contributed by atoms with Gasteiger partial charge in [-0.15, -0.1) is 0 Å². The van der Waals surface area contributed by atoms with Crippen molar-refractivity contribution in [2.75, 3.05) is 23.8 Å². The number of hydrogen-bond donors (Lipinski definition) is 3. The molecule has 35 heavy (non-hydrogen) atoms. The van der Waals surface area contributed by atoms with Crippen molar-refractivity contribution in [2.45, 2.75) is 26.8 Å². The number of Topliss-reactive ketones (excluding diaryl/α,β-unsaturated/α-hetero) is 1. The predicted octanol–water partition coefficient (Wildman–Crippen LogP) is 5.01. The van der Waals surface area contributed by atoms with Crippen LogP contribution in [0, 0.1) is 0 Å². The van der Waals surface area contributed by atoms with Crippen LogP contribution >= 0.6 is 0 Å². The molecule has 0 saturated heterocycles. The molecule has 4 N–H and O–H groups in total. The summed E-state index contributed by atoms with van der Waals surface area (Å²) in [4.78, 5) is 24.9. The summed E-state index contributed by atoms with van der Waals surface area (Å²) in [6.07, 6.45) is 0. The molecule has 0 spiro atoms. The summed E-state index contributed by atoms with van der Waals surface area (Å²) < 4.78 is 11.5. The number of rotatable bonds is 9. The third kappa shape index (κ3) is 5.05. The first-order valence-corrected chi connectivity index (χ1v) is 11.6. The minimum absolute atomic E-state index is 0.103. The summed E-state index contributed by atoms with van der Waals surface area (Å²) in [5, 5.41) is 6.38. The topological polar surface area (TPSA) is 103 Å². The van der Waals surface area contributed by atoms with Gasteiger partial charge in [-0.05, 0) is 50.1 Å². The Morgan fingerprint density at radius 3 is 2.20 bits per heavy atom. The highest BCUT2D eigenvalue weighted by molar-refractivity contribution is 6.37. The Kier molecular flexibility index (Phi) is 7.17. The molecular weight excluding hydrogens is 442 g/mol. The molecule has 1 heterocycles. The lowest BCUT2D eigenvalue weighted by atomic mass is 9.99. The number of nitrogens with two attached hydrogens (primary N) is 1. The van der Waals surface area contributed by atoms with Gasteiger partial charge in [0.05, 0.1) is 36.2 Å². The van der Waals surface area contributed by atoms with Crippen LogP contribution in [-0.4, -0.2) is 24.9 Å². The number of carbonyl (C=O) groups excluding carboxylic acids is 2. The Bertz CT molecular complexity index is 1270. The molecule has 1 unspecified atom stereocenters. The van der Waals surface area contributed by atoms with Crippen molar-refractivity contribution in [3.8, 4) is 11.5 Å². The average molecular weight is 472 g/mol. The van der Waals surface area contributed by atoms with E-state index < -0.39 is 6.04 Å². The molecular formula is C28H29N3O4. The van der Waals surface area contributed by atoms with E-state index in [1.165, 1.54) is 6.92 Å². The Morgan fingerprint density at radius 1 is 0.971 bits per heavy atom. The monoisotopic (exact) mass is 471 g/mol.